The fourth-order valence-electron chi connectivity index (χ4n) is 4.96. The molecule has 5 rings (SSSR count). The molecule has 2 atom stereocenters. The lowest BCUT2D eigenvalue weighted by Crippen LogP contribution is -2.50. The SMILES string of the molecule is Cc1ccccc1-c1ccc2n(c1=O)CC1CC2CN(C(=O)Nc2cccc(F)c2)C1. The zero-order valence-electron chi connectivity index (χ0n) is 17.3. The number of hydrogen-bond donors (Lipinski definition) is 1. The first-order chi connectivity index (χ1) is 15.0. The summed E-state index contributed by atoms with van der Waals surface area (Å²) in [5, 5.41) is 2.79. The van der Waals surface area contributed by atoms with Gasteiger partial charge in [-0.05, 0) is 60.7 Å². The van der Waals surface area contributed by atoms with Crippen molar-refractivity contribution in [2.24, 2.45) is 5.92 Å². The van der Waals surface area contributed by atoms with Crippen molar-refractivity contribution in [3.8, 4) is 11.1 Å². The number of pyridine rings is 1. The predicted molar refractivity (Wildman–Crippen MR) is 119 cm³/mol. The highest BCUT2D eigenvalue weighted by Gasteiger charge is 2.36. The average Bonchev–Trinajstić information content (AvgIpc) is 2.75. The maximum Gasteiger partial charge on any atom is 0.321 e. The number of amides is 2. The van der Waals surface area contributed by atoms with E-state index in [0.717, 1.165) is 28.8 Å². The van der Waals surface area contributed by atoms with Crippen LogP contribution in [-0.2, 0) is 6.54 Å². The van der Waals surface area contributed by atoms with Crippen LogP contribution in [0.3, 0.4) is 0 Å². The Kier molecular flexibility index (Phi) is 4.85. The van der Waals surface area contributed by atoms with Gasteiger partial charge in [-0.2, -0.15) is 0 Å². The number of fused-ring (bicyclic) bond motifs is 4. The summed E-state index contributed by atoms with van der Waals surface area (Å²) in [5.74, 6) is -0.0511. The predicted octanol–water partition coefficient (Wildman–Crippen LogP) is 4.61. The number of halogens is 1. The third-order valence-corrected chi connectivity index (χ3v) is 6.40. The zero-order valence-corrected chi connectivity index (χ0v) is 17.3. The van der Waals surface area contributed by atoms with Gasteiger partial charge in [0.1, 0.15) is 5.82 Å². The van der Waals surface area contributed by atoms with Gasteiger partial charge in [0.05, 0.1) is 0 Å². The van der Waals surface area contributed by atoms with Crippen LogP contribution < -0.4 is 10.9 Å². The molecular weight excluding hydrogens is 393 g/mol. The molecule has 6 heteroatoms. The topological polar surface area (TPSA) is 54.3 Å². The molecule has 3 heterocycles. The number of anilines is 1. The van der Waals surface area contributed by atoms with Crippen LogP contribution in [0.1, 0.15) is 23.6 Å². The second-order valence-electron chi connectivity index (χ2n) is 8.55. The van der Waals surface area contributed by atoms with E-state index in [1.54, 1.807) is 17.0 Å². The molecule has 31 heavy (non-hydrogen) atoms. The van der Waals surface area contributed by atoms with E-state index in [1.807, 2.05) is 47.9 Å². The second kappa shape index (κ2) is 7.69. The number of aryl methyl sites for hydroxylation is 1. The van der Waals surface area contributed by atoms with Crippen LogP contribution in [0.4, 0.5) is 14.9 Å². The number of rotatable bonds is 2. The third-order valence-electron chi connectivity index (χ3n) is 6.40. The van der Waals surface area contributed by atoms with Gasteiger partial charge in [0, 0.05) is 42.5 Å². The molecule has 1 aromatic heterocycles. The van der Waals surface area contributed by atoms with Gasteiger partial charge < -0.3 is 14.8 Å². The van der Waals surface area contributed by atoms with Gasteiger partial charge >= 0.3 is 6.03 Å². The molecule has 1 saturated heterocycles. The van der Waals surface area contributed by atoms with Crippen molar-refractivity contribution in [2.45, 2.75) is 25.8 Å². The van der Waals surface area contributed by atoms with Crippen molar-refractivity contribution in [3.63, 3.8) is 0 Å². The highest BCUT2D eigenvalue weighted by atomic mass is 19.1. The Labute approximate surface area is 180 Å². The van der Waals surface area contributed by atoms with Gasteiger partial charge in [-0.3, -0.25) is 4.79 Å². The van der Waals surface area contributed by atoms with Crippen LogP contribution in [-0.4, -0.2) is 28.6 Å². The largest absolute Gasteiger partial charge is 0.324 e. The average molecular weight is 417 g/mol. The molecule has 0 spiro atoms. The van der Waals surface area contributed by atoms with E-state index < -0.39 is 0 Å². The standard InChI is InChI=1S/C25H24FN3O2/c1-16-5-2-3-8-21(16)22-9-10-23-18-11-17(14-29(23)24(22)30)13-28(15-18)25(31)27-20-7-4-6-19(26)12-20/h2-10,12,17-18H,11,13-15H2,1H3,(H,27,31). The van der Waals surface area contributed by atoms with Crippen molar-refractivity contribution in [1.29, 1.82) is 0 Å². The highest BCUT2D eigenvalue weighted by Crippen LogP contribution is 2.36. The van der Waals surface area contributed by atoms with E-state index >= 15 is 0 Å². The summed E-state index contributed by atoms with van der Waals surface area (Å²) in [5.41, 5.74) is 4.25. The molecule has 158 valence electrons. The van der Waals surface area contributed by atoms with Crippen molar-refractivity contribution in [1.82, 2.24) is 9.47 Å². The summed E-state index contributed by atoms with van der Waals surface area (Å²) in [7, 11) is 0. The molecule has 0 saturated carbocycles. The van der Waals surface area contributed by atoms with Gasteiger partial charge in [-0.15, -0.1) is 0 Å². The summed E-state index contributed by atoms with van der Waals surface area (Å²) in [4.78, 5) is 27.9. The fourth-order valence-corrected chi connectivity index (χ4v) is 4.96. The Morgan fingerprint density at radius 3 is 2.65 bits per heavy atom. The number of carbonyl (C=O) groups excluding carboxylic acids is 1. The smallest absolute Gasteiger partial charge is 0.321 e. The number of hydrogen-bond acceptors (Lipinski definition) is 2. The first-order valence-electron chi connectivity index (χ1n) is 10.6. The van der Waals surface area contributed by atoms with Crippen molar-refractivity contribution in [3.05, 3.63) is 88.1 Å². The van der Waals surface area contributed by atoms with E-state index in [-0.39, 0.29) is 29.2 Å². The van der Waals surface area contributed by atoms with Crippen LogP contribution in [0.25, 0.3) is 11.1 Å². The molecule has 0 radical (unpaired) electrons. The molecule has 0 aliphatic carbocycles. The Hall–Kier alpha value is -3.41. The fraction of sp³-hybridized carbons (Fsp3) is 0.280. The Balaban J connectivity index is 1.41. The number of nitrogens with zero attached hydrogens (tertiary/aromatic N) is 2. The summed E-state index contributed by atoms with van der Waals surface area (Å²) in [6.45, 7) is 3.75. The molecule has 3 aromatic rings. The number of piperidine rings is 1. The number of benzene rings is 2. The van der Waals surface area contributed by atoms with Gasteiger partial charge in [-0.25, -0.2) is 9.18 Å². The van der Waals surface area contributed by atoms with Gasteiger partial charge in [0.2, 0.25) is 0 Å². The minimum absolute atomic E-state index is 0.0409. The third kappa shape index (κ3) is 3.63. The zero-order chi connectivity index (χ0) is 21.5. The Morgan fingerprint density at radius 1 is 1.00 bits per heavy atom. The van der Waals surface area contributed by atoms with Crippen LogP contribution >= 0.6 is 0 Å². The highest BCUT2D eigenvalue weighted by molar-refractivity contribution is 5.89. The first kappa shape index (κ1) is 19.5. The number of aromatic nitrogens is 1. The summed E-state index contributed by atoms with van der Waals surface area (Å²) in [6, 6.07) is 17.6. The van der Waals surface area contributed by atoms with Gasteiger partial charge in [-0.1, -0.05) is 30.3 Å². The van der Waals surface area contributed by atoms with E-state index in [4.69, 9.17) is 0 Å². The number of nitrogens with one attached hydrogen (secondary N) is 1. The molecule has 2 aromatic carbocycles. The second-order valence-corrected chi connectivity index (χ2v) is 8.55. The molecular formula is C25H24FN3O2. The molecule has 2 aliphatic rings. The van der Waals surface area contributed by atoms with Crippen LogP contribution in [0.15, 0.2) is 65.5 Å². The van der Waals surface area contributed by atoms with E-state index in [1.165, 1.54) is 12.1 Å². The van der Waals surface area contributed by atoms with Crippen LogP contribution in [0, 0.1) is 18.7 Å². The van der Waals surface area contributed by atoms with Gasteiger partial charge in [0.15, 0.2) is 0 Å². The minimum Gasteiger partial charge on any atom is -0.324 e. The Morgan fingerprint density at radius 2 is 1.84 bits per heavy atom. The maximum atomic E-state index is 13.4. The molecule has 5 nitrogen and oxygen atoms in total. The van der Waals surface area contributed by atoms with Crippen LogP contribution in [0.5, 0.6) is 0 Å². The number of likely N-dealkylation sites (tertiary alicyclic amines) is 1. The van der Waals surface area contributed by atoms with E-state index in [9.17, 15) is 14.0 Å². The molecule has 2 aliphatic heterocycles. The summed E-state index contributed by atoms with van der Waals surface area (Å²) in [6.07, 6.45) is 0.965. The van der Waals surface area contributed by atoms with Crippen molar-refractivity contribution in [2.75, 3.05) is 18.4 Å². The minimum atomic E-state index is -0.383. The lowest BCUT2D eigenvalue weighted by atomic mass is 9.83. The quantitative estimate of drug-likeness (QED) is 0.662. The van der Waals surface area contributed by atoms with Crippen molar-refractivity contribution >= 4 is 11.7 Å². The summed E-state index contributed by atoms with van der Waals surface area (Å²) >= 11 is 0. The van der Waals surface area contributed by atoms with E-state index in [0.29, 0.717) is 25.3 Å². The lowest BCUT2D eigenvalue weighted by Gasteiger charge is -2.42. The molecule has 2 bridgehead atoms. The Bertz CT molecular complexity index is 1220. The monoisotopic (exact) mass is 417 g/mol. The number of urea groups is 1. The maximum absolute atomic E-state index is 13.4. The normalized spacial score (nSPS) is 19.6. The molecule has 2 amide bonds. The number of carbonyl (C=O) groups is 1. The lowest BCUT2D eigenvalue weighted by molar-refractivity contribution is 0.139. The molecule has 1 fully saturated rings. The summed E-state index contributed by atoms with van der Waals surface area (Å²) < 4.78 is 15.3. The van der Waals surface area contributed by atoms with E-state index in [2.05, 4.69) is 5.32 Å². The molecule has 2 unspecified atom stereocenters. The molecule has 1 N–H and O–H groups in total. The van der Waals surface area contributed by atoms with Crippen molar-refractivity contribution < 1.29 is 9.18 Å². The van der Waals surface area contributed by atoms with Crippen LogP contribution in [0.2, 0.25) is 0 Å². The first-order valence-corrected chi connectivity index (χ1v) is 10.6. The van der Waals surface area contributed by atoms with Gasteiger partial charge in [0.25, 0.3) is 5.56 Å².